The van der Waals surface area contributed by atoms with Crippen molar-refractivity contribution in [2.45, 2.75) is 125 Å². The van der Waals surface area contributed by atoms with Gasteiger partial charge >= 0.3 is 0 Å². The van der Waals surface area contributed by atoms with Crippen LogP contribution in [0.2, 0.25) is 0 Å². The van der Waals surface area contributed by atoms with Crippen molar-refractivity contribution >= 4 is 0 Å². The second kappa shape index (κ2) is 14.8. The Balaban J connectivity index is 0.000000634. The van der Waals surface area contributed by atoms with E-state index in [9.17, 15) is 0 Å². The number of rotatable bonds is 5. The molecular weight excluding hydrogens is 434 g/mol. The van der Waals surface area contributed by atoms with Gasteiger partial charge in [0.15, 0.2) is 0 Å². The molecular formula is C35H63N. The number of hydrogen-bond acceptors (Lipinski definition) is 1. The minimum absolute atomic E-state index is 0.358. The van der Waals surface area contributed by atoms with E-state index in [0.29, 0.717) is 16.9 Å². The Morgan fingerprint density at radius 2 is 1.61 bits per heavy atom. The molecule has 0 bridgehead atoms. The first-order valence-electron chi connectivity index (χ1n) is 15.2. The van der Waals surface area contributed by atoms with E-state index in [1.807, 2.05) is 20.9 Å². The summed E-state index contributed by atoms with van der Waals surface area (Å²) in [6, 6.07) is 0.634. The van der Waals surface area contributed by atoms with E-state index in [-0.39, 0.29) is 0 Å². The lowest BCUT2D eigenvalue weighted by atomic mass is 9.43. The van der Waals surface area contributed by atoms with E-state index in [0.717, 1.165) is 29.6 Å². The minimum atomic E-state index is 0.358. The molecule has 7 unspecified atom stereocenters. The van der Waals surface area contributed by atoms with Crippen LogP contribution in [-0.2, 0) is 0 Å². The lowest BCUT2D eigenvalue weighted by molar-refractivity contribution is -0.0612. The SMILES string of the molecule is C=C.C=C(C)CCCC1CCC2C3C(=C)CC4CCCCC4(C)C3CC(=C)C12C.CC.CNC(C)C. The van der Waals surface area contributed by atoms with Crippen molar-refractivity contribution in [2.24, 2.45) is 40.4 Å². The van der Waals surface area contributed by atoms with Crippen LogP contribution in [0.1, 0.15) is 119 Å². The third kappa shape index (κ3) is 6.86. The van der Waals surface area contributed by atoms with Crippen molar-refractivity contribution in [1.82, 2.24) is 5.32 Å². The zero-order valence-electron chi connectivity index (χ0n) is 25.8. The number of hydrogen-bond donors (Lipinski definition) is 1. The molecule has 4 aliphatic rings. The Kier molecular flexibility index (Phi) is 13.5. The molecule has 0 saturated heterocycles. The molecule has 0 radical (unpaired) electrons. The van der Waals surface area contributed by atoms with Gasteiger partial charge in [-0.2, -0.15) is 0 Å². The van der Waals surface area contributed by atoms with E-state index in [1.54, 1.807) is 11.1 Å². The molecule has 36 heavy (non-hydrogen) atoms. The van der Waals surface area contributed by atoms with E-state index in [4.69, 9.17) is 13.2 Å². The molecule has 1 nitrogen and oxygen atoms in total. The van der Waals surface area contributed by atoms with Gasteiger partial charge in [0.1, 0.15) is 0 Å². The normalized spacial score (nSPS) is 36.5. The Morgan fingerprint density at radius 3 is 2.17 bits per heavy atom. The van der Waals surface area contributed by atoms with Crippen LogP contribution < -0.4 is 5.32 Å². The largest absolute Gasteiger partial charge is 0.318 e. The maximum Gasteiger partial charge on any atom is 0.000733 e. The summed E-state index contributed by atoms with van der Waals surface area (Å²) in [6.45, 7) is 35.2. The Hall–Kier alpha value is -1.08. The Morgan fingerprint density at radius 1 is 1.00 bits per heavy atom. The van der Waals surface area contributed by atoms with Crippen molar-refractivity contribution in [3.05, 3.63) is 49.6 Å². The molecule has 1 N–H and O–H groups in total. The first-order valence-corrected chi connectivity index (χ1v) is 15.2. The van der Waals surface area contributed by atoms with Gasteiger partial charge in [0, 0.05) is 6.04 Å². The fourth-order valence-electron chi connectivity index (χ4n) is 8.29. The van der Waals surface area contributed by atoms with Gasteiger partial charge in [-0.1, -0.05) is 84.3 Å². The van der Waals surface area contributed by atoms with Gasteiger partial charge < -0.3 is 5.32 Å². The van der Waals surface area contributed by atoms with Gasteiger partial charge in [-0.05, 0) is 112 Å². The van der Waals surface area contributed by atoms with E-state index < -0.39 is 0 Å². The molecule has 0 amide bonds. The van der Waals surface area contributed by atoms with Crippen LogP contribution in [0.15, 0.2) is 49.6 Å². The third-order valence-corrected chi connectivity index (χ3v) is 10.6. The van der Waals surface area contributed by atoms with Crippen molar-refractivity contribution in [1.29, 1.82) is 0 Å². The van der Waals surface area contributed by atoms with E-state index in [1.165, 1.54) is 76.2 Å². The smallest absolute Gasteiger partial charge is 0.000733 e. The van der Waals surface area contributed by atoms with Crippen molar-refractivity contribution in [3.63, 3.8) is 0 Å². The zero-order chi connectivity index (χ0) is 27.7. The summed E-state index contributed by atoms with van der Waals surface area (Å²) in [5, 5.41) is 3.03. The van der Waals surface area contributed by atoms with Crippen LogP contribution in [0, 0.1) is 40.4 Å². The highest BCUT2D eigenvalue weighted by Crippen LogP contribution is 2.70. The summed E-state index contributed by atoms with van der Waals surface area (Å²) < 4.78 is 0. The lowest BCUT2D eigenvalue weighted by Gasteiger charge is -2.61. The molecule has 4 saturated carbocycles. The van der Waals surface area contributed by atoms with Crippen molar-refractivity contribution < 1.29 is 0 Å². The summed E-state index contributed by atoms with van der Waals surface area (Å²) in [5.74, 6) is 4.13. The van der Waals surface area contributed by atoms with Gasteiger partial charge in [0.2, 0.25) is 0 Å². The first kappa shape index (κ1) is 32.9. The molecule has 4 fully saturated rings. The molecule has 4 aliphatic carbocycles. The standard InChI is InChI=1S/C27H42.C4H11N.C2H6.C2H4/c1-18(2)10-9-12-21-13-14-23-25-19(3)16-22-11-7-8-15-26(22,5)24(25)17-20(4)27(21,23)6;1-4(2)5-3;2*1-2/h21-25H,1,3-4,7-17H2,2,5-6H3;4-5H,1-3H3;1-2H3;1-2H2. The predicted molar refractivity (Wildman–Crippen MR) is 164 cm³/mol. The highest BCUT2D eigenvalue weighted by molar-refractivity contribution is 5.29. The molecule has 4 rings (SSSR count). The average Bonchev–Trinajstić information content (AvgIpc) is 3.20. The van der Waals surface area contributed by atoms with Gasteiger partial charge in [0.05, 0.1) is 0 Å². The fraction of sp³-hybridized carbons (Fsp3) is 0.771. The van der Waals surface area contributed by atoms with Gasteiger partial charge in [-0.25, -0.2) is 0 Å². The van der Waals surface area contributed by atoms with Gasteiger partial charge in [-0.15, -0.1) is 19.7 Å². The molecule has 208 valence electrons. The van der Waals surface area contributed by atoms with Crippen LogP contribution in [0.5, 0.6) is 0 Å². The predicted octanol–water partition coefficient (Wildman–Crippen LogP) is 10.6. The quantitative estimate of drug-likeness (QED) is 0.372. The third-order valence-electron chi connectivity index (χ3n) is 10.6. The number of allylic oxidation sites excluding steroid dienone is 3. The first-order chi connectivity index (χ1) is 17.1. The summed E-state index contributed by atoms with van der Waals surface area (Å²) in [7, 11) is 1.95. The molecule has 7 atom stereocenters. The van der Waals surface area contributed by atoms with E-state index in [2.05, 4.69) is 59.7 Å². The monoisotopic (exact) mass is 497 g/mol. The highest BCUT2D eigenvalue weighted by Gasteiger charge is 2.61. The van der Waals surface area contributed by atoms with E-state index >= 15 is 0 Å². The molecule has 0 aromatic rings. The summed E-state index contributed by atoms with van der Waals surface area (Å²) >= 11 is 0. The average molecular weight is 498 g/mol. The number of nitrogens with one attached hydrogen (secondary N) is 1. The summed E-state index contributed by atoms with van der Waals surface area (Å²) in [4.78, 5) is 0. The molecule has 0 spiro atoms. The number of fused-ring (bicyclic) bond motifs is 5. The summed E-state index contributed by atoms with van der Waals surface area (Å²) in [5.41, 5.74) is 5.47. The fourth-order valence-corrected chi connectivity index (χ4v) is 8.29. The summed E-state index contributed by atoms with van der Waals surface area (Å²) in [6.07, 6.45) is 15.1. The van der Waals surface area contributed by atoms with Crippen molar-refractivity contribution in [2.75, 3.05) is 7.05 Å². The van der Waals surface area contributed by atoms with Crippen LogP contribution in [0.25, 0.3) is 0 Å². The van der Waals surface area contributed by atoms with Crippen LogP contribution in [-0.4, -0.2) is 13.1 Å². The van der Waals surface area contributed by atoms with Crippen molar-refractivity contribution in [3.8, 4) is 0 Å². The second-order valence-electron chi connectivity index (χ2n) is 12.7. The Labute approximate surface area is 227 Å². The maximum atomic E-state index is 4.76. The molecule has 0 aromatic heterocycles. The molecule has 0 heterocycles. The molecule has 1 heteroatoms. The zero-order valence-corrected chi connectivity index (χ0v) is 25.8. The minimum Gasteiger partial charge on any atom is -0.318 e. The molecule has 0 aliphatic heterocycles. The second-order valence-corrected chi connectivity index (χ2v) is 12.7. The van der Waals surface area contributed by atoms with Crippen LogP contribution in [0.4, 0.5) is 0 Å². The highest BCUT2D eigenvalue weighted by atomic mass is 14.8. The Bertz CT molecular complexity index is 716. The van der Waals surface area contributed by atoms with Crippen LogP contribution >= 0.6 is 0 Å². The van der Waals surface area contributed by atoms with Gasteiger partial charge in [0.25, 0.3) is 0 Å². The van der Waals surface area contributed by atoms with Crippen LogP contribution in [0.3, 0.4) is 0 Å². The van der Waals surface area contributed by atoms with Gasteiger partial charge in [-0.3, -0.25) is 0 Å². The lowest BCUT2D eigenvalue weighted by Crippen LogP contribution is -2.54. The topological polar surface area (TPSA) is 12.0 Å². The maximum absolute atomic E-state index is 4.76. The molecule has 0 aromatic carbocycles.